The summed E-state index contributed by atoms with van der Waals surface area (Å²) in [4.78, 5) is 5.53. The minimum absolute atomic E-state index is 0.757. The molecule has 3 N–H and O–H groups in total. The van der Waals surface area contributed by atoms with E-state index in [0.29, 0.717) is 0 Å². The predicted molar refractivity (Wildman–Crippen MR) is 51.9 cm³/mol. The van der Waals surface area contributed by atoms with Crippen molar-refractivity contribution in [3.05, 3.63) is 23.4 Å². The minimum atomic E-state index is 0.757. The molecule has 4 heteroatoms. The first-order chi connectivity index (χ1) is 6.36. The van der Waals surface area contributed by atoms with Gasteiger partial charge in [0.15, 0.2) is 0 Å². The summed E-state index contributed by atoms with van der Waals surface area (Å²) in [6.45, 7) is 4.57. The van der Waals surface area contributed by atoms with Crippen molar-refractivity contribution < 1.29 is 10.3 Å². The van der Waals surface area contributed by atoms with E-state index in [0.717, 1.165) is 23.9 Å². The van der Waals surface area contributed by atoms with E-state index in [1.165, 1.54) is 13.1 Å². The number of piperazine rings is 1. The maximum atomic E-state index is 5.79. The van der Waals surface area contributed by atoms with E-state index >= 15 is 0 Å². The van der Waals surface area contributed by atoms with Crippen molar-refractivity contribution in [2.45, 2.75) is 0 Å². The molecule has 1 saturated heterocycles. The molecule has 2 rings (SSSR count). The van der Waals surface area contributed by atoms with Gasteiger partial charge < -0.3 is 5.32 Å². The van der Waals surface area contributed by atoms with Gasteiger partial charge in [0.25, 0.3) is 5.82 Å². The molecule has 1 aliphatic rings. The summed E-state index contributed by atoms with van der Waals surface area (Å²) in [5, 5.41) is 3.10. The van der Waals surface area contributed by atoms with Crippen molar-refractivity contribution >= 4 is 17.4 Å². The van der Waals surface area contributed by atoms with Gasteiger partial charge in [0.05, 0.1) is 5.02 Å². The van der Waals surface area contributed by atoms with E-state index < -0.39 is 0 Å². The van der Waals surface area contributed by atoms with E-state index in [2.05, 4.69) is 15.2 Å². The molecule has 0 aromatic carbocycles. The maximum absolute atomic E-state index is 5.79. The zero-order chi connectivity index (χ0) is 9.10. The van der Waals surface area contributed by atoms with Crippen LogP contribution in [0.2, 0.25) is 5.02 Å². The summed E-state index contributed by atoms with van der Waals surface area (Å²) in [6.07, 6.45) is 1.83. The Morgan fingerprint density at radius 3 is 2.69 bits per heavy atom. The van der Waals surface area contributed by atoms with Crippen LogP contribution < -0.4 is 15.2 Å². The highest BCUT2D eigenvalue weighted by molar-refractivity contribution is 6.30. The van der Waals surface area contributed by atoms with Crippen LogP contribution in [0.15, 0.2) is 18.3 Å². The van der Waals surface area contributed by atoms with Crippen LogP contribution in [0.1, 0.15) is 0 Å². The van der Waals surface area contributed by atoms with Gasteiger partial charge >= 0.3 is 0 Å². The number of H-pyrrole nitrogens is 1. The number of anilines is 1. The maximum Gasteiger partial charge on any atom is 0.274 e. The van der Waals surface area contributed by atoms with Gasteiger partial charge in [-0.1, -0.05) is 11.6 Å². The Morgan fingerprint density at radius 2 is 2.08 bits per heavy atom. The number of pyridine rings is 1. The highest BCUT2D eigenvalue weighted by Crippen LogP contribution is 2.09. The topological polar surface area (TPSA) is 34.0 Å². The molecule has 0 radical (unpaired) electrons. The molecule has 1 fully saturated rings. The van der Waals surface area contributed by atoms with Crippen LogP contribution >= 0.6 is 11.6 Å². The van der Waals surface area contributed by atoms with Crippen LogP contribution in [0.3, 0.4) is 0 Å². The molecule has 1 aromatic rings. The summed E-state index contributed by atoms with van der Waals surface area (Å²) in [6, 6.07) is 3.96. The molecule has 0 unspecified atom stereocenters. The van der Waals surface area contributed by atoms with Gasteiger partial charge in [0, 0.05) is 6.07 Å². The fraction of sp³-hybridized carbons (Fsp3) is 0.444. The molecule has 0 spiro atoms. The second kappa shape index (κ2) is 3.94. The Balaban J connectivity index is 2.10. The molecule has 0 amide bonds. The highest BCUT2D eigenvalue weighted by atomic mass is 35.5. The molecule has 0 atom stereocenters. The van der Waals surface area contributed by atoms with Crippen molar-refractivity contribution in [1.29, 1.82) is 0 Å². The first-order valence-corrected chi connectivity index (χ1v) is 4.98. The fourth-order valence-corrected chi connectivity index (χ4v) is 1.70. The second-order valence-electron chi connectivity index (χ2n) is 3.25. The van der Waals surface area contributed by atoms with Crippen molar-refractivity contribution in [2.75, 3.05) is 31.1 Å². The number of quaternary nitrogens is 1. The number of halogens is 1. The average Bonchev–Trinajstić information content (AvgIpc) is 2.20. The van der Waals surface area contributed by atoms with E-state index in [-0.39, 0.29) is 0 Å². The normalized spacial score (nSPS) is 17.5. The standard InChI is InChI=1S/C9H12ClN3/c10-8-1-2-9(12-7-8)13-5-3-11-4-6-13/h1-2,7,11H,3-6H2/p+2. The van der Waals surface area contributed by atoms with E-state index in [4.69, 9.17) is 11.6 Å². The summed E-state index contributed by atoms with van der Waals surface area (Å²) in [5.41, 5.74) is 0. The minimum Gasteiger partial charge on any atom is -0.340 e. The monoisotopic (exact) mass is 199 g/mol. The van der Waals surface area contributed by atoms with Crippen molar-refractivity contribution in [3.63, 3.8) is 0 Å². The van der Waals surface area contributed by atoms with Crippen LogP contribution in [0.25, 0.3) is 0 Å². The fourth-order valence-electron chi connectivity index (χ4n) is 1.59. The zero-order valence-corrected chi connectivity index (χ0v) is 8.22. The van der Waals surface area contributed by atoms with E-state index in [1.54, 1.807) is 0 Å². The molecule has 1 aromatic heterocycles. The summed E-state index contributed by atoms with van der Waals surface area (Å²) >= 11 is 5.79. The first kappa shape index (κ1) is 8.78. The number of aromatic nitrogens is 1. The molecular weight excluding hydrogens is 186 g/mol. The van der Waals surface area contributed by atoms with Gasteiger partial charge in [0.2, 0.25) is 0 Å². The quantitative estimate of drug-likeness (QED) is 0.653. The number of nitrogens with zero attached hydrogens (tertiary/aromatic N) is 1. The van der Waals surface area contributed by atoms with Gasteiger partial charge in [0.1, 0.15) is 32.4 Å². The Labute approximate surface area is 82.7 Å². The highest BCUT2D eigenvalue weighted by Gasteiger charge is 2.19. The van der Waals surface area contributed by atoms with Gasteiger partial charge in [-0.3, -0.25) is 4.90 Å². The third-order valence-electron chi connectivity index (χ3n) is 2.31. The van der Waals surface area contributed by atoms with Crippen molar-refractivity contribution in [1.82, 2.24) is 0 Å². The van der Waals surface area contributed by atoms with Crippen LogP contribution in [-0.2, 0) is 0 Å². The van der Waals surface area contributed by atoms with Crippen LogP contribution in [0.5, 0.6) is 0 Å². The van der Waals surface area contributed by atoms with Gasteiger partial charge in [-0.2, -0.15) is 0 Å². The number of nitrogens with two attached hydrogens (primary N) is 1. The third-order valence-corrected chi connectivity index (χ3v) is 2.54. The second-order valence-corrected chi connectivity index (χ2v) is 3.68. The summed E-state index contributed by atoms with van der Waals surface area (Å²) in [5.74, 6) is 1.16. The lowest BCUT2D eigenvalue weighted by atomic mass is 10.3. The molecule has 0 bridgehead atoms. The predicted octanol–water partition coefficient (Wildman–Crippen LogP) is -0.462. The largest absolute Gasteiger partial charge is 0.340 e. The molecule has 0 saturated carbocycles. The average molecular weight is 200 g/mol. The Hall–Kier alpha value is -0.800. The molecule has 1 aliphatic heterocycles. The molecule has 70 valence electrons. The van der Waals surface area contributed by atoms with E-state index in [1.807, 2.05) is 18.3 Å². The van der Waals surface area contributed by atoms with E-state index in [9.17, 15) is 0 Å². The van der Waals surface area contributed by atoms with Crippen molar-refractivity contribution in [2.24, 2.45) is 0 Å². The third kappa shape index (κ3) is 2.11. The molecule has 0 aliphatic carbocycles. The molecule has 2 heterocycles. The Morgan fingerprint density at radius 1 is 1.31 bits per heavy atom. The summed E-state index contributed by atoms with van der Waals surface area (Å²) < 4.78 is 0. The number of hydrogen-bond acceptors (Lipinski definition) is 1. The number of hydrogen-bond donors (Lipinski definition) is 1. The molecule has 3 nitrogen and oxygen atoms in total. The Kier molecular flexibility index (Phi) is 2.66. The van der Waals surface area contributed by atoms with Gasteiger partial charge in [-0.25, -0.2) is 4.98 Å². The number of nitrogens with one attached hydrogen (secondary N) is 1. The van der Waals surface area contributed by atoms with Crippen LogP contribution in [-0.4, -0.2) is 26.2 Å². The number of rotatable bonds is 1. The number of aromatic amines is 1. The SMILES string of the molecule is Clc1ccc(N2CC[NH2+]CC2)[nH+]c1. The van der Waals surface area contributed by atoms with Gasteiger partial charge in [-0.05, 0) is 6.07 Å². The lowest BCUT2D eigenvalue weighted by Gasteiger charge is -2.19. The smallest absolute Gasteiger partial charge is 0.274 e. The van der Waals surface area contributed by atoms with Gasteiger partial charge in [-0.15, -0.1) is 0 Å². The van der Waals surface area contributed by atoms with Crippen LogP contribution in [0.4, 0.5) is 5.82 Å². The molecular formula is C9H14ClN3+2. The lowest BCUT2D eigenvalue weighted by Crippen LogP contribution is -2.90. The Bertz CT molecular complexity index is 267. The molecule has 13 heavy (non-hydrogen) atoms. The summed E-state index contributed by atoms with van der Waals surface area (Å²) in [7, 11) is 0. The van der Waals surface area contributed by atoms with Crippen LogP contribution in [0, 0.1) is 0 Å². The zero-order valence-electron chi connectivity index (χ0n) is 7.46. The first-order valence-electron chi connectivity index (χ1n) is 4.60. The van der Waals surface area contributed by atoms with Crippen molar-refractivity contribution in [3.8, 4) is 0 Å². The lowest BCUT2D eigenvalue weighted by molar-refractivity contribution is -0.656.